The molecule has 1 aliphatic rings. The highest BCUT2D eigenvalue weighted by Gasteiger charge is 2.50. The van der Waals surface area contributed by atoms with E-state index in [1.165, 1.54) is 7.05 Å². The Bertz CT molecular complexity index is 1250. The Morgan fingerprint density at radius 3 is 2.61 bits per heavy atom. The Hall–Kier alpha value is -3.70. The number of alkyl halides is 3. The number of carbonyl (C=O) groups is 1. The molecular weight excluding hydrogens is 531 g/mol. The number of nitrogens with zero attached hydrogens (tertiary/aromatic N) is 4. The average molecular weight is 555 g/mol. The number of guanidine groups is 1. The molecule has 3 rings (SSSR count). The normalized spacial score (nSPS) is 18.5. The smallest absolute Gasteiger partial charge is 0.356 e. The number of nitriles is 1. The second kappa shape index (κ2) is 12.2. The van der Waals surface area contributed by atoms with Crippen molar-refractivity contribution in [3.8, 4) is 6.19 Å². The number of hydrogen-bond acceptors (Lipinski definition) is 6. The lowest BCUT2D eigenvalue weighted by molar-refractivity contribution is -0.336. The highest BCUT2D eigenvalue weighted by atomic mass is 32.2. The molecule has 0 saturated heterocycles. The van der Waals surface area contributed by atoms with Crippen LogP contribution in [0.15, 0.2) is 58.6 Å². The van der Waals surface area contributed by atoms with Gasteiger partial charge in [0.2, 0.25) is 5.96 Å². The molecule has 14 heteroatoms. The fraction of sp³-hybridized carbons (Fsp3) is 0.333. The molecule has 1 aliphatic heterocycles. The largest absolute Gasteiger partial charge is 0.523 e. The van der Waals surface area contributed by atoms with E-state index in [9.17, 15) is 26.7 Å². The topological polar surface area (TPSA) is 102 Å². The first-order chi connectivity index (χ1) is 18.0. The molecule has 0 bridgehead atoms. The van der Waals surface area contributed by atoms with Gasteiger partial charge < -0.3 is 5.32 Å². The maximum atomic E-state index is 14.7. The lowest BCUT2D eigenvalue weighted by Gasteiger charge is -2.37. The van der Waals surface area contributed by atoms with Crippen LogP contribution in [0, 0.1) is 23.1 Å². The van der Waals surface area contributed by atoms with Gasteiger partial charge in [0, 0.05) is 19.2 Å². The Kier molecular flexibility index (Phi) is 9.29. The van der Waals surface area contributed by atoms with E-state index in [0.29, 0.717) is 12.0 Å². The van der Waals surface area contributed by atoms with Gasteiger partial charge in [0.05, 0.1) is 0 Å². The summed E-state index contributed by atoms with van der Waals surface area (Å²) in [5, 5.41) is 19.0. The number of carbonyl (C=O) groups excluding carboxylic acids is 1. The number of benzene rings is 2. The van der Waals surface area contributed by atoms with Crippen molar-refractivity contribution in [1.29, 1.82) is 5.26 Å². The SMILES string of the molecule is CN=C(NC#N)NCCCC1(c2ccccc2)SC(c2cc(F)ccc2F)=NN1C(=O)[C@H](C)OC(F)(F)F. The fourth-order valence-electron chi connectivity index (χ4n) is 3.76. The number of nitrogens with one attached hydrogen (secondary N) is 2. The molecule has 2 aromatic rings. The van der Waals surface area contributed by atoms with Crippen molar-refractivity contribution in [1.82, 2.24) is 15.6 Å². The summed E-state index contributed by atoms with van der Waals surface area (Å²) in [5.41, 5.74) is 0.249. The van der Waals surface area contributed by atoms with E-state index < -0.39 is 34.9 Å². The van der Waals surface area contributed by atoms with Crippen LogP contribution in [0.25, 0.3) is 0 Å². The molecule has 0 saturated carbocycles. The van der Waals surface area contributed by atoms with Crippen molar-refractivity contribution < 1.29 is 31.5 Å². The Labute approximate surface area is 219 Å². The maximum Gasteiger partial charge on any atom is 0.523 e. The standard InChI is InChI=1S/C24H23F5N6O2S/c1-15(37-24(27,28)29)21(36)35-23(16-7-4-3-5-8-16,11-6-12-32-22(31-2)33-14-30)38-20(34-35)18-13-17(25)9-10-19(18)26/h3-5,7-10,13,15H,6,11-12H2,1-2H3,(H2,31,32,33)/t15-,23?/m0/s1. The predicted molar refractivity (Wildman–Crippen MR) is 131 cm³/mol. The van der Waals surface area contributed by atoms with E-state index >= 15 is 0 Å². The second-order valence-electron chi connectivity index (χ2n) is 7.98. The van der Waals surface area contributed by atoms with Gasteiger partial charge in [0.15, 0.2) is 6.19 Å². The van der Waals surface area contributed by atoms with Gasteiger partial charge in [0.1, 0.15) is 27.7 Å². The lowest BCUT2D eigenvalue weighted by Crippen LogP contribution is -2.47. The van der Waals surface area contributed by atoms with E-state index in [1.807, 2.05) is 0 Å². The summed E-state index contributed by atoms with van der Waals surface area (Å²) in [4.78, 5) is 15.8. The van der Waals surface area contributed by atoms with Gasteiger partial charge in [-0.25, -0.2) is 13.8 Å². The van der Waals surface area contributed by atoms with Gasteiger partial charge in [-0.3, -0.25) is 19.8 Å². The van der Waals surface area contributed by atoms with Crippen LogP contribution in [0.1, 0.15) is 30.9 Å². The number of amides is 1. The third-order valence-electron chi connectivity index (χ3n) is 5.43. The van der Waals surface area contributed by atoms with Crippen LogP contribution >= 0.6 is 11.8 Å². The summed E-state index contributed by atoms with van der Waals surface area (Å²) < 4.78 is 71.5. The minimum atomic E-state index is -5.09. The van der Waals surface area contributed by atoms with Crippen LogP contribution in [0.5, 0.6) is 0 Å². The molecule has 2 N–H and O–H groups in total. The van der Waals surface area contributed by atoms with E-state index in [2.05, 4.69) is 25.5 Å². The number of aliphatic imine (C=N–C) groups is 1. The predicted octanol–water partition coefficient (Wildman–Crippen LogP) is 4.41. The molecule has 8 nitrogen and oxygen atoms in total. The molecule has 0 aromatic heterocycles. The van der Waals surface area contributed by atoms with Crippen molar-refractivity contribution in [3.05, 3.63) is 71.3 Å². The second-order valence-corrected chi connectivity index (χ2v) is 9.24. The van der Waals surface area contributed by atoms with Crippen LogP contribution in [0.2, 0.25) is 0 Å². The lowest BCUT2D eigenvalue weighted by atomic mass is 9.99. The van der Waals surface area contributed by atoms with Gasteiger partial charge >= 0.3 is 6.36 Å². The summed E-state index contributed by atoms with van der Waals surface area (Å²) in [6, 6.07) is 11.1. The van der Waals surface area contributed by atoms with E-state index in [1.54, 1.807) is 36.5 Å². The van der Waals surface area contributed by atoms with Crippen molar-refractivity contribution in [2.75, 3.05) is 13.6 Å². The van der Waals surface area contributed by atoms with Crippen molar-refractivity contribution in [2.24, 2.45) is 10.1 Å². The summed E-state index contributed by atoms with van der Waals surface area (Å²) in [5.74, 6) is -2.50. The zero-order valence-electron chi connectivity index (χ0n) is 20.2. The molecule has 202 valence electrons. The molecule has 0 spiro atoms. The Morgan fingerprint density at radius 1 is 1.26 bits per heavy atom. The van der Waals surface area contributed by atoms with Crippen molar-refractivity contribution in [3.63, 3.8) is 0 Å². The number of hydrogen-bond donors (Lipinski definition) is 2. The van der Waals surface area contributed by atoms with Gasteiger partial charge in [-0.15, -0.1) is 13.2 Å². The molecule has 2 aromatic carbocycles. The summed E-state index contributed by atoms with van der Waals surface area (Å²) >= 11 is 0.919. The number of ether oxygens (including phenoxy) is 1. The average Bonchev–Trinajstić information content (AvgIpc) is 3.26. The van der Waals surface area contributed by atoms with Crippen LogP contribution < -0.4 is 10.6 Å². The highest BCUT2D eigenvalue weighted by molar-refractivity contribution is 8.15. The molecule has 0 radical (unpaired) electrons. The van der Waals surface area contributed by atoms with Crippen molar-refractivity contribution in [2.45, 2.75) is 37.1 Å². The van der Waals surface area contributed by atoms with Crippen molar-refractivity contribution >= 4 is 28.7 Å². The Morgan fingerprint density at radius 2 is 1.97 bits per heavy atom. The summed E-state index contributed by atoms with van der Waals surface area (Å²) in [6.07, 6.45) is -4.91. The minimum absolute atomic E-state index is 0.0895. The first kappa shape index (κ1) is 28.9. The molecule has 1 amide bonds. The molecular formula is C24H23F5N6O2S. The molecule has 1 unspecified atom stereocenters. The first-order valence-corrected chi connectivity index (χ1v) is 12.1. The van der Waals surface area contributed by atoms with E-state index in [4.69, 9.17) is 5.26 Å². The van der Waals surface area contributed by atoms with Gasteiger partial charge in [-0.1, -0.05) is 42.1 Å². The minimum Gasteiger partial charge on any atom is -0.356 e. The quantitative estimate of drug-likeness (QED) is 0.125. The molecule has 1 heterocycles. The molecule has 0 fully saturated rings. The van der Waals surface area contributed by atoms with Crippen LogP contribution in [0.4, 0.5) is 22.0 Å². The van der Waals surface area contributed by atoms with Crippen LogP contribution in [0.3, 0.4) is 0 Å². The summed E-state index contributed by atoms with van der Waals surface area (Å²) in [6.45, 7) is 1.18. The molecule has 38 heavy (non-hydrogen) atoms. The monoisotopic (exact) mass is 554 g/mol. The van der Waals surface area contributed by atoms with Gasteiger partial charge in [-0.05, 0) is 43.5 Å². The number of hydrazone groups is 1. The first-order valence-electron chi connectivity index (χ1n) is 11.2. The highest BCUT2D eigenvalue weighted by Crippen LogP contribution is 2.51. The Balaban J connectivity index is 2.04. The number of rotatable bonds is 8. The van der Waals surface area contributed by atoms with E-state index in [0.717, 1.165) is 41.9 Å². The fourth-order valence-corrected chi connectivity index (χ4v) is 5.19. The van der Waals surface area contributed by atoms with Gasteiger partial charge in [0.25, 0.3) is 5.91 Å². The third-order valence-corrected chi connectivity index (χ3v) is 6.88. The number of halogens is 5. The molecule has 2 atom stereocenters. The van der Waals surface area contributed by atoms with E-state index in [-0.39, 0.29) is 29.5 Å². The molecule has 0 aliphatic carbocycles. The van der Waals surface area contributed by atoms with Crippen LogP contribution in [-0.2, 0) is 14.4 Å². The zero-order chi connectivity index (χ0) is 27.9. The summed E-state index contributed by atoms with van der Waals surface area (Å²) in [7, 11) is 1.46. The van der Waals surface area contributed by atoms with Gasteiger partial charge in [-0.2, -0.15) is 10.4 Å². The zero-order valence-corrected chi connectivity index (χ0v) is 21.0. The maximum absolute atomic E-state index is 14.7. The van der Waals surface area contributed by atoms with Crippen LogP contribution in [-0.4, -0.2) is 48.0 Å². The third kappa shape index (κ3) is 6.78. The number of thioether (sulfide) groups is 1.